The van der Waals surface area contributed by atoms with E-state index in [0.29, 0.717) is 6.61 Å². The SMILES string of the molecule is CCCCN(CCCC)CCN(Cc1ccc(OCc2ccccc2)cc1)Cc1ccccn1. The predicted molar refractivity (Wildman–Crippen MR) is 142 cm³/mol. The number of rotatable bonds is 16. The fourth-order valence-electron chi connectivity index (χ4n) is 4.01. The molecule has 0 radical (unpaired) electrons. The lowest BCUT2D eigenvalue weighted by molar-refractivity contribution is 0.188. The first kappa shape index (κ1) is 25.9. The molecule has 4 heteroatoms. The normalized spacial score (nSPS) is 11.3. The van der Waals surface area contributed by atoms with E-state index in [1.807, 2.05) is 30.5 Å². The van der Waals surface area contributed by atoms with Crippen molar-refractivity contribution in [1.29, 1.82) is 0 Å². The molecule has 0 fully saturated rings. The highest BCUT2D eigenvalue weighted by atomic mass is 16.5. The van der Waals surface area contributed by atoms with E-state index >= 15 is 0 Å². The van der Waals surface area contributed by atoms with Gasteiger partial charge in [0.05, 0.1) is 5.69 Å². The molecule has 3 aromatic rings. The smallest absolute Gasteiger partial charge is 0.119 e. The zero-order valence-corrected chi connectivity index (χ0v) is 21.0. The molecule has 0 saturated heterocycles. The number of pyridine rings is 1. The Balaban J connectivity index is 1.59. The van der Waals surface area contributed by atoms with Gasteiger partial charge in [0.2, 0.25) is 0 Å². The number of aromatic nitrogens is 1. The minimum absolute atomic E-state index is 0.595. The summed E-state index contributed by atoms with van der Waals surface area (Å²) in [5.41, 5.74) is 3.61. The van der Waals surface area contributed by atoms with Crippen molar-refractivity contribution in [3.63, 3.8) is 0 Å². The van der Waals surface area contributed by atoms with E-state index in [9.17, 15) is 0 Å². The fourth-order valence-corrected chi connectivity index (χ4v) is 4.01. The first-order valence-electron chi connectivity index (χ1n) is 12.9. The quantitative estimate of drug-likeness (QED) is 0.242. The molecule has 0 unspecified atom stereocenters. The number of unbranched alkanes of at least 4 members (excludes halogenated alkanes) is 2. The summed E-state index contributed by atoms with van der Waals surface area (Å²) in [5, 5.41) is 0. The molecule has 0 aliphatic heterocycles. The Morgan fingerprint density at radius 3 is 1.97 bits per heavy atom. The molecule has 0 aliphatic rings. The highest BCUT2D eigenvalue weighted by molar-refractivity contribution is 5.28. The van der Waals surface area contributed by atoms with Crippen molar-refractivity contribution >= 4 is 0 Å². The molecular weight excluding hydrogens is 418 g/mol. The summed E-state index contributed by atoms with van der Waals surface area (Å²) in [6, 6.07) is 25.1. The maximum atomic E-state index is 5.97. The molecule has 0 amide bonds. The number of hydrogen-bond donors (Lipinski definition) is 0. The monoisotopic (exact) mass is 459 g/mol. The Hall–Kier alpha value is -2.69. The first-order valence-corrected chi connectivity index (χ1v) is 12.9. The van der Waals surface area contributed by atoms with Gasteiger partial charge in [-0.05, 0) is 61.3 Å². The van der Waals surface area contributed by atoms with E-state index in [1.165, 1.54) is 49.9 Å². The molecule has 2 aromatic carbocycles. The van der Waals surface area contributed by atoms with Crippen molar-refractivity contribution in [2.75, 3.05) is 26.2 Å². The van der Waals surface area contributed by atoms with Gasteiger partial charge in [0.15, 0.2) is 0 Å². The van der Waals surface area contributed by atoms with Crippen LogP contribution in [0.5, 0.6) is 5.75 Å². The van der Waals surface area contributed by atoms with Gasteiger partial charge in [-0.2, -0.15) is 0 Å². The van der Waals surface area contributed by atoms with Gasteiger partial charge in [0.1, 0.15) is 12.4 Å². The molecule has 182 valence electrons. The predicted octanol–water partition coefficient (Wildman–Crippen LogP) is 6.57. The highest BCUT2D eigenvalue weighted by Gasteiger charge is 2.12. The van der Waals surface area contributed by atoms with Crippen molar-refractivity contribution in [2.45, 2.75) is 59.2 Å². The molecular formula is C30H41N3O. The van der Waals surface area contributed by atoms with E-state index in [4.69, 9.17) is 4.74 Å². The Bertz CT molecular complexity index is 891. The second kappa shape index (κ2) is 15.3. The molecule has 4 nitrogen and oxygen atoms in total. The van der Waals surface area contributed by atoms with Gasteiger partial charge in [-0.3, -0.25) is 9.88 Å². The van der Waals surface area contributed by atoms with Gasteiger partial charge in [0.25, 0.3) is 0 Å². The van der Waals surface area contributed by atoms with E-state index in [-0.39, 0.29) is 0 Å². The number of nitrogens with zero attached hydrogens (tertiary/aromatic N) is 3. The standard InChI is InChI=1S/C30H41N3O/c1-3-5-20-32(21-6-4-2)22-23-33(25-29-14-10-11-19-31-29)24-27-15-17-30(18-16-27)34-26-28-12-8-7-9-13-28/h7-19H,3-6,20-26H2,1-2H3. The molecule has 1 aromatic heterocycles. The van der Waals surface area contributed by atoms with Crippen LogP contribution in [0, 0.1) is 0 Å². The second-order valence-electron chi connectivity index (χ2n) is 9.00. The van der Waals surface area contributed by atoms with Crippen LogP contribution in [-0.4, -0.2) is 41.0 Å². The zero-order chi connectivity index (χ0) is 23.8. The molecule has 0 spiro atoms. The van der Waals surface area contributed by atoms with Crippen molar-refractivity contribution in [3.05, 3.63) is 95.8 Å². The Labute approximate surface area is 206 Å². The Kier molecular flexibility index (Phi) is 11.6. The van der Waals surface area contributed by atoms with Crippen LogP contribution in [0.2, 0.25) is 0 Å². The van der Waals surface area contributed by atoms with Crippen LogP contribution < -0.4 is 4.74 Å². The third kappa shape index (κ3) is 9.66. The van der Waals surface area contributed by atoms with Crippen LogP contribution in [0.4, 0.5) is 0 Å². The summed E-state index contributed by atoms with van der Waals surface area (Å²) in [7, 11) is 0. The molecule has 34 heavy (non-hydrogen) atoms. The largest absolute Gasteiger partial charge is 0.489 e. The Morgan fingerprint density at radius 2 is 1.32 bits per heavy atom. The minimum Gasteiger partial charge on any atom is -0.489 e. The molecule has 1 heterocycles. The third-order valence-corrected chi connectivity index (χ3v) is 6.08. The third-order valence-electron chi connectivity index (χ3n) is 6.08. The summed E-state index contributed by atoms with van der Waals surface area (Å²) in [4.78, 5) is 9.74. The molecule has 0 bridgehead atoms. The van der Waals surface area contributed by atoms with Crippen LogP contribution in [0.3, 0.4) is 0 Å². The van der Waals surface area contributed by atoms with Gasteiger partial charge in [-0.25, -0.2) is 0 Å². The van der Waals surface area contributed by atoms with Crippen molar-refractivity contribution in [1.82, 2.24) is 14.8 Å². The van der Waals surface area contributed by atoms with Crippen molar-refractivity contribution < 1.29 is 4.74 Å². The summed E-state index contributed by atoms with van der Waals surface area (Å²) < 4.78 is 5.97. The lowest BCUT2D eigenvalue weighted by Crippen LogP contribution is -2.36. The average Bonchev–Trinajstić information content (AvgIpc) is 2.89. The van der Waals surface area contributed by atoms with Gasteiger partial charge in [-0.15, -0.1) is 0 Å². The number of ether oxygens (including phenoxy) is 1. The lowest BCUT2D eigenvalue weighted by atomic mass is 10.2. The van der Waals surface area contributed by atoms with Gasteiger partial charge >= 0.3 is 0 Å². The summed E-state index contributed by atoms with van der Waals surface area (Å²) in [5.74, 6) is 0.911. The van der Waals surface area contributed by atoms with Gasteiger partial charge in [-0.1, -0.05) is 75.2 Å². The maximum Gasteiger partial charge on any atom is 0.119 e. The van der Waals surface area contributed by atoms with E-state index in [1.54, 1.807) is 0 Å². The molecule has 0 N–H and O–H groups in total. The number of hydrogen-bond acceptors (Lipinski definition) is 4. The van der Waals surface area contributed by atoms with Crippen LogP contribution in [0.15, 0.2) is 79.0 Å². The van der Waals surface area contributed by atoms with E-state index in [0.717, 1.165) is 37.6 Å². The van der Waals surface area contributed by atoms with E-state index in [2.05, 4.69) is 77.2 Å². The van der Waals surface area contributed by atoms with Crippen LogP contribution in [-0.2, 0) is 19.7 Å². The lowest BCUT2D eigenvalue weighted by Gasteiger charge is -2.28. The molecule has 3 rings (SSSR count). The van der Waals surface area contributed by atoms with Crippen LogP contribution in [0.1, 0.15) is 56.4 Å². The minimum atomic E-state index is 0.595. The summed E-state index contributed by atoms with van der Waals surface area (Å²) in [6.07, 6.45) is 6.93. The first-order chi connectivity index (χ1) is 16.8. The highest BCUT2D eigenvalue weighted by Crippen LogP contribution is 2.16. The fraction of sp³-hybridized carbons (Fsp3) is 0.433. The molecule has 0 aliphatic carbocycles. The van der Waals surface area contributed by atoms with Crippen LogP contribution >= 0.6 is 0 Å². The summed E-state index contributed by atoms with van der Waals surface area (Å²) >= 11 is 0. The Morgan fingerprint density at radius 1 is 0.647 bits per heavy atom. The zero-order valence-electron chi connectivity index (χ0n) is 21.0. The topological polar surface area (TPSA) is 28.6 Å². The van der Waals surface area contributed by atoms with E-state index < -0.39 is 0 Å². The van der Waals surface area contributed by atoms with Crippen LogP contribution in [0.25, 0.3) is 0 Å². The number of benzene rings is 2. The van der Waals surface area contributed by atoms with Gasteiger partial charge in [0, 0.05) is 32.4 Å². The van der Waals surface area contributed by atoms with Crippen molar-refractivity contribution in [2.24, 2.45) is 0 Å². The average molecular weight is 460 g/mol. The van der Waals surface area contributed by atoms with Crippen molar-refractivity contribution in [3.8, 4) is 5.75 Å². The second-order valence-corrected chi connectivity index (χ2v) is 9.00. The maximum absolute atomic E-state index is 5.97. The van der Waals surface area contributed by atoms with Gasteiger partial charge < -0.3 is 9.64 Å². The molecule has 0 atom stereocenters. The molecule has 0 saturated carbocycles. The summed E-state index contributed by atoms with van der Waals surface area (Å²) in [6.45, 7) is 11.5.